The van der Waals surface area contributed by atoms with Crippen molar-refractivity contribution in [3.05, 3.63) is 69.7 Å². The zero-order valence-corrected chi connectivity index (χ0v) is 24.1. The summed E-state index contributed by atoms with van der Waals surface area (Å²) in [6.07, 6.45) is 2.91. The number of likely N-dealkylation sites (N-methyl/N-ethyl adjacent to an activating group) is 1. The van der Waals surface area contributed by atoms with Crippen molar-refractivity contribution < 1.29 is 23.1 Å². The number of hydrogen-bond acceptors (Lipinski definition) is 4. The number of carbonyl (C=O) groups excluding carboxylic acids is 1. The molecule has 1 saturated heterocycles. The van der Waals surface area contributed by atoms with Crippen molar-refractivity contribution in [1.29, 1.82) is 0 Å². The molecule has 0 aromatic heterocycles. The highest BCUT2D eigenvalue weighted by Crippen LogP contribution is 2.54. The third-order valence-corrected chi connectivity index (χ3v) is 9.70. The number of aliphatic carboxylic acids is 1. The molecule has 0 bridgehead atoms. The van der Waals surface area contributed by atoms with Crippen LogP contribution in [0.3, 0.4) is 0 Å². The first-order valence-corrected chi connectivity index (χ1v) is 15.4. The number of halogens is 2. The second-order valence-electron chi connectivity index (χ2n) is 10.8. The van der Waals surface area contributed by atoms with E-state index in [2.05, 4.69) is 0 Å². The number of amides is 1. The molecule has 0 spiro atoms. The number of sulfonamides is 1. The van der Waals surface area contributed by atoms with Crippen molar-refractivity contribution in [2.45, 2.75) is 57.5 Å². The van der Waals surface area contributed by atoms with E-state index < -0.39 is 33.5 Å². The maximum absolute atomic E-state index is 14.4. The molecule has 2 aromatic carbocycles. The highest BCUT2D eigenvalue weighted by atomic mass is 35.5. The number of carbonyl (C=O) groups is 2. The van der Waals surface area contributed by atoms with E-state index in [9.17, 15) is 23.1 Å². The van der Waals surface area contributed by atoms with Gasteiger partial charge in [0.05, 0.1) is 24.1 Å². The molecule has 1 amide bonds. The molecule has 0 radical (unpaired) electrons. The fourth-order valence-electron chi connectivity index (χ4n) is 5.90. The Bertz CT molecular complexity index is 1300. The largest absolute Gasteiger partial charge is 0.481 e. The van der Waals surface area contributed by atoms with Gasteiger partial charge in [0.1, 0.15) is 0 Å². The van der Waals surface area contributed by atoms with Gasteiger partial charge in [-0.2, -0.15) is 0 Å². The van der Waals surface area contributed by atoms with E-state index in [1.165, 1.54) is 10.6 Å². The molecule has 7 nitrogen and oxygen atoms in total. The summed E-state index contributed by atoms with van der Waals surface area (Å²) in [5, 5.41) is 10.9. The van der Waals surface area contributed by atoms with Gasteiger partial charge in [0.25, 0.3) is 0 Å². The van der Waals surface area contributed by atoms with Crippen LogP contribution in [-0.4, -0.2) is 60.0 Å². The first-order chi connectivity index (χ1) is 17.8. The Morgan fingerprint density at radius 2 is 1.79 bits per heavy atom. The molecular formula is C28H34Cl2N2O5S. The van der Waals surface area contributed by atoms with Gasteiger partial charge in [-0.05, 0) is 60.6 Å². The Morgan fingerprint density at radius 3 is 2.32 bits per heavy atom. The highest BCUT2D eigenvalue weighted by Gasteiger charge is 2.54. The Hall–Kier alpha value is -2.13. The number of carboxylic acids is 1. The lowest BCUT2D eigenvalue weighted by atomic mass is 9.67. The number of hydrogen-bond donors (Lipinski definition) is 1. The molecule has 1 aliphatic carbocycles. The van der Waals surface area contributed by atoms with Gasteiger partial charge in [0.15, 0.2) is 0 Å². The molecule has 38 heavy (non-hydrogen) atoms. The summed E-state index contributed by atoms with van der Waals surface area (Å²) >= 11 is 12.6. The minimum absolute atomic E-state index is 0.122. The van der Waals surface area contributed by atoms with E-state index in [4.69, 9.17) is 23.2 Å². The molecule has 10 heteroatoms. The summed E-state index contributed by atoms with van der Waals surface area (Å²) in [6, 6.07) is 13.9. The van der Waals surface area contributed by atoms with E-state index in [1.54, 1.807) is 32.0 Å². The minimum Gasteiger partial charge on any atom is -0.481 e. The van der Waals surface area contributed by atoms with Crippen LogP contribution in [-0.2, 0) is 19.6 Å². The predicted octanol–water partition coefficient (Wildman–Crippen LogP) is 5.59. The molecular weight excluding hydrogens is 547 g/mol. The van der Waals surface area contributed by atoms with Gasteiger partial charge in [0, 0.05) is 35.1 Å². The van der Waals surface area contributed by atoms with E-state index in [-0.39, 0.29) is 37.3 Å². The molecule has 2 aromatic rings. The molecule has 1 heterocycles. The number of nitrogens with zero attached hydrogens (tertiary/aromatic N) is 2. The van der Waals surface area contributed by atoms with E-state index in [0.717, 1.165) is 24.0 Å². The molecule has 4 atom stereocenters. The van der Waals surface area contributed by atoms with Crippen molar-refractivity contribution in [2.75, 3.05) is 19.3 Å². The maximum Gasteiger partial charge on any atom is 0.304 e. The smallest absolute Gasteiger partial charge is 0.304 e. The second kappa shape index (κ2) is 11.2. The molecule has 1 aliphatic heterocycles. The van der Waals surface area contributed by atoms with E-state index in [0.29, 0.717) is 16.5 Å². The van der Waals surface area contributed by atoms with Crippen molar-refractivity contribution in [3.8, 4) is 0 Å². The van der Waals surface area contributed by atoms with Crippen LogP contribution in [0, 0.1) is 11.3 Å². The van der Waals surface area contributed by atoms with Gasteiger partial charge < -0.3 is 10.0 Å². The van der Waals surface area contributed by atoms with Crippen molar-refractivity contribution in [1.82, 2.24) is 9.21 Å². The fraction of sp³-hybridized carbons (Fsp3) is 0.500. The van der Waals surface area contributed by atoms with Gasteiger partial charge in [-0.3, -0.25) is 9.59 Å². The number of rotatable bonds is 10. The molecule has 1 unspecified atom stereocenters. The molecule has 2 aliphatic rings. The zero-order valence-electron chi connectivity index (χ0n) is 21.8. The van der Waals surface area contributed by atoms with Crippen molar-refractivity contribution in [3.63, 3.8) is 0 Å². The number of benzene rings is 2. The lowest BCUT2D eigenvalue weighted by Gasteiger charge is -2.52. The van der Waals surface area contributed by atoms with Crippen LogP contribution in [0.4, 0.5) is 0 Å². The Labute approximate surface area is 234 Å². The summed E-state index contributed by atoms with van der Waals surface area (Å²) in [5.41, 5.74) is 0.575. The first kappa shape index (κ1) is 28.9. The lowest BCUT2D eigenvalue weighted by molar-refractivity contribution is -0.161. The SMILES string of the molecule is CCN(C[C@H](C1CC1)N1C(=O)[C@@](C)(CC(=O)O)CC(c2cccc(Cl)c2)[C@H]1c1ccc(Cl)cc1)S(C)(=O)=O. The summed E-state index contributed by atoms with van der Waals surface area (Å²) in [6.45, 7) is 3.92. The Kier molecular flexibility index (Phi) is 8.48. The Balaban J connectivity index is 1.92. The van der Waals surface area contributed by atoms with E-state index in [1.807, 2.05) is 35.2 Å². The second-order valence-corrected chi connectivity index (χ2v) is 13.7. The molecule has 1 saturated carbocycles. The monoisotopic (exact) mass is 580 g/mol. The van der Waals surface area contributed by atoms with Crippen LogP contribution in [0.1, 0.15) is 62.6 Å². The topological polar surface area (TPSA) is 95.0 Å². The number of likely N-dealkylation sites (tertiary alicyclic amines) is 1. The van der Waals surface area contributed by atoms with Crippen molar-refractivity contribution in [2.24, 2.45) is 11.3 Å². The predicted molar refractivity (Wildman–Crippen MR) is 149 cm³/mol. The number of carboxylic acid groups (broad SMARTS) is 1. The van der Waals surface area contributed by atoms with Gasteiger partial charge >= 0.3 is 5.97 Å². The average molecular weight is 582 g/mol. The van der Waals surface area contributed by atoms with Crippen molar-refractivity contribution >= 4 is 45.1 Å². The molecule has 2 fully saturated rings. The quantitative estimate of drug-likeness (QED) is 0.395. The summed E-state index contributed by atoms with van der Waals surface area (Å²) < 4.78 is 26.6. The summed E-state index contributed by atoms with van der Waals surface area (Å²) in [7, 11) is -3.51. The summed E-state index contributed by atoms with van der Waals surface area (Å²) in [5.74, 6) is -1.47. The van der Waals surface area contributed by atoms with Crippen LogP contribution in [0.2, 0.25) is 10.0 Å². The lowest BCUT2D eigenvalue weighted by Crippen LogP contribution is -2.59. The summed E-state index contributed by atoms with van der Waals surface area (Å²) in [4.78, 5) is 28.2. The van der Waals surface area contributed by atoms with Gasteiger partial charge in [-0.25, -0.2) is 12.7 Å². The molecule has 1 N–H and O–H groups in total. The van der Waals surface area contributed by atoms with Crippen LogP contribution in [0.15, 0.2) is 48.5 Å². The van der Waals surface area contributed by atoms with Crippen LogP contribution in [0.25, 0.3) is 0 Å². The van der Waals surface area contributed by atoms with Gasteiger partial charge in [-0.15, -0.1) is 0 Å². The minimum atomic E-state index is -3.51. The molecule has 206 valence electrons. The first-order valence-electron chi connectivity index (χ1n) is 12.8. The van der Waals surface area contributed by atoms with Crippen LogP contribution < -0.4 is 0 Å². The van der Waals surface area contributed by atoms with Crippen LogP contribution >= 0.6 is 23.2 Å². The fourth-order valence-corrected chi connectivity index (χ4v) is 7.11. The third-order valence-electron chi connectivity index (χ3n) is 7.87. The van der Waals surface area contributed by atoms with Gasteiger partial charge in [-0.1, -0.05) is 61.3 Å². The average Bonchev–Trinajstić information content (AvgIpc) is 3.66. The van der Waals surface area contributed by atoms with Crippen LogP contribution in [0.5, 0.6) is 0 Å². The Morgan fingerprint density at radius 1 is 1.13 bits per heavy atom. The normalized spacial score (nSPS) is 25.0. The maximum atomic E-state index is 14.4. The number of piperidine rings is 1. The van der Waals surface area contributed by atoms with E-state index >= 15 is 0 Å². The highest BCUT2D eigenvalue weighted by molar-refractivity contribution is 7.88. The molecule has 4 rings (SSSR count). The zero-order chi connectivity index (χ0) is 27.8. The van der Waals surface area contributed by atoms with Gasteiger partial charge in [0.2, 0.25) is 15.9 Å². The third kappa shape index (κ3) is 6.19. The standard InChI is InChI=1S/C28H34Cl2N2O5S/c1-4-31(38(3,36)37)17-24(18-8-9-18)32-26(19-10-12-21(29)13-11-19)23(20-6-5-7-22(30)14-20)15-28(2,27(32)35)16-25(33)34/h5-7,10-14,18,23-24,26H,4,8-9,15-17H2,1-3H3,(H,33,34)/t23?,24-,26-,28-/m1/s1.